The van der Waals surface area contributed by atoms with E-state index in [4.69, 9.17) is 9.47 Å². The van der Waals surface area contributed by atoms with Gasteiger partial charge in [-0.1, -0.05) is 58.8 Å². The minimum Gasteiger partial charge on any atom is -0.347 e. The van der Waals surface area contributed by atoms with Gasteiger partial charge in [0, 0.05) is 18.9 Å². The van der Waals surface area contributed by atoms with Crippen LogP contribution in [0.15, 0.2) is 0 Å². The van der Waals surface area contributed by atoms with Gasteiger partial charge in [-0.3, -0.25) is 0 Å². The van der Waals surface area contributed by atoms with E-state index < -0.39 is 0 Å². The van der Waals surface area contributed by atoms with Crippen LogP contribution in [0.3, 0.4) is 0 Å². The average Bonchev–Trinajstić information content (AvgIpc) is 3.01. The minimum atomic E-state index is -0.273. The molecule has 25 heavy (non-hydrogen) atoms. The number of unbranched alkanes of at least 4 members (excludes halogenated alkanes) is 6. The van der Waals surface area contributed by atoms with Gasteiger partial charge in [0.05, 0.1) is 12.7 Å². The molecule has 2 aliphatic heterocycles. The molecule has 0 bridgehead atoms. The molecule has 0 saturated carbocycles. The maximum Gasteiger partial charge on any atom is 0.168 e. The number of halogens is 1. The lowest BCUT2D eigenvalue weighted by Gasteiger charge is -2.36. The van der Waals surface area contributed by atoms with E-state index in [1.165, 1.54) is 77.2 Å². The standard InChI is InChI=1S/C21H41NO2.ClH/c1-4-6-8-11-15-21(16-12-9-7-5-2)23-18-20(24-21)19-14-10-13-17-22(19)3;/h19-20H,4-18H2,1-3H3;1H. The van der Waals surface area contributed by atoms with Gasteiger partial charge in [0.15, 0.2) is 5.79 Å². The summed E-state index contributed by atoms with van der Waals surface area (Å²) in [7, 11) is 2.26. The van der Waals surface area contributed by atoms with Gasteiger partial charge in [-0.05, 0) is 39.3 Å². The second kappa shape index (κ2) is 12.5. The second-order valence-corrected chi connectivity index (χ2v) is 8.04. The highest BCUT2D eigenvalue weighted by Gasteiger charge is 2.44. The Morgan fingerprint density at radius 1 is 0.920 bits per heavy atom. The lowest BCUT2D eigenvalue weighted by molar-refractivity contribution is -0.186. The molecule has 2 atom stereocenters. The lowest BCUT2D eigenvalue weighted by Crippen LogP contribution is -2.46. The maximum absolute atomic E-state index is 6.66. The van der Waals surface area contributed by atoms with Crippen LogP contribution in [0.5, 0.6) is 0 Å². The Balaban J connectivity index is 0.00000312. The van der Waals surface area contributed by atoms with Gasteiger partial charge >= 0.3 is 0 Å². The van der Waals surface area contributed by atoms with Crippen molar-refractivity contribution in [1.82, 2.24) is 4.90 Å². The van der Waals surface area contributed by atoms with Gasteiger partial charge in [0.1, 0.15) is 0 Å². The Morgan fingerprint density at radius 2 is 1.56 bits per heavy atom. The van der Waals surface area contributed by atoms with E-state index in [2.05, 4.69) is 25.8 Å². The third-order valence-corrected chi connectivity index (χ3v) is 5.96. The summed E-state index contributed by atoms with van der Waals surface area (Å²) in [5.74, 6) is -0.273. The molecule has 2 aliphatic rings. The second-order valence-electron chi connectivity index (χ2n) is 8.04. The Bertz CT molecular complexity index is 328. The normalized spacial score (nSPS) is 26.5. The number of hydrogen-bond donors (Lipinski definition) is 0. The predicted octanol–water partition coefficient (Wildman–Crippen LogP) is 5.95. The van der Waals surface area contributed by atoms with E-state index in [-0.39, 0.29) is 24.3 Å². The van der Waals surface area contributed by atoms with Crippen LogP contribution in [-0.2, 0) is 9.47 Å². The first-order valence-corrected chi connectivity index (χ1v) is 10.7. The Labute approximate surface area is 162 Å². The van der Waals surface area contributed by atoms with E-state index in [0.717, 1.165) is 19.4 Å². The van der Waals surface area contributed by atoms with Crippen molar-refractivity contribution in [2.24, 2.45) is 0 Å². The molecule has 4 heteroatoms. The maximum atomic E-state index is 6.66. The summed E-state index contributed by atoms with van der Waals surface area (Å²) < 4.78 is 13.0. The number of nitrogens with zero attached hydrogens (tertiary/aromatic N) is 1. The number of piperidine rings is 1. The summed E-state index contributed by atoms with van der Waals surface area (Å²) in [5, 5.41) is 0. The first-order chi connectivity index (χ1) is 11.7. The minimum absolute atomic E-state index is 0. The number of likely N-dealkylation sites (N-methyl/N-ethyl adjacent to an activating group) is 1. The zero-order valence-electron chi connectivity index (χ0n) is 16.9. The number of rotatable bonds is 11. The Morgan fingerprint density at radius 3 is 2.12 bits per heavy atom. The average molecular weight is 376 g/mol. The molecule has 0 aromatic heterocycles. The topological polar surface area (TPSA) is 21.7 Å². The smallest absolute Gasteiger partial charge is 0.168 e. The Kier molecular flexibility index (Phi) is 11.6. The molecule has 2 heterocycles. The van der Waals surface area contributed by atoms with Crippen LogP contribution in [0.25, 0.3) is 0 Å². The molecule has 0 aromatic carbocycles. The van der Waals surface area contributed by atoms with Crippen molar-refractivity contribution in [3.8, 4) is 0 Å². The highest BCUT2D eigenvalue weighted by Crippen LogP contribution is 2.37. The lowest BCUT2D eigenvalue weighted by atomic mass is 9.97. The monoisotopic (exact) mass is 375 g/mol. The highest BCUT2D eigenvalue weighted by molar-refractivity contribution is 5.85. The van der Waals surface area contributed by atoms with Gasteiger partial charge in [-0.2, -0.15) is 0 Å². The summed E-state index contributed by atoms with van der Waals surface area (Å²) in [6.07, 6.45) is 16.8. The van der Waals surface area contributed by atoms with Crippen LogP contribution in [0.1, 0.15) is 97.3 Å². The van der Waals surface area contributed by atoms with E-state index in [1.807, 2.05) is 0 Å². The van der Waals surface area contributed by atoms with E-state index in [1.54, 1.807) is 0 Å². The number of likely N-dealkylation sites (tertiary alicyclic amines) is 1. The van der Waals surface area contributed by atoms with Crippen LogP contribution in [0, 0.1) is 0 Å². The fourth-order valence-electron chi connectivity index (χ4n) is 4.37. The summed E-state index contributed by atoms with van der Waals surface area (Å²) in [5.41, 5.74) is 0. The predicted molar refractivity (Wildman–Crippen MR) is 109 cm³/mol. The van der Waals surface area contributed by atoms with Gasteiger partial charge in [-0.15, -0.1) is 12.4 Å². The van der Waals surface area contributed by atoms with Crippen molar-refractivity contribution in [2.75, 3.05) is 20.2 Å². The summed E-state index contributed by atoms with van der Waals surface area (Å²) in [4.78, 5) is 2.50. The molecule has 0 spiro atoms. The number of hydrogen-bond acceptors (Lipinski definition) is 3. The Hall–Kier alpha value is 0.170. The van der Waals surface area contributed by atoms with Gasteiger partial charge in [0.2, 0.25) is 0 Å². The largest absolute Gasteiger partial charge is 0.347 e. The van der Waals surface area contributed by atoms with E-state index in [0.29, 0.717) is 6.04 Å². The molecular formula is C21H42ClNO2. The SMILES string of the molecule is CCCCCCC1(CCCCCC)OCC(C2CCCCN2C)O1.Cl. The van der Waals surface area contributed by atoms with Crippen LogP contribution in [-0.4, -0.2) is 43.0 Å². The van der Waals surface area contributed by atoms with Crippen LogP contribution >= 0.6 is 12.4 Å². The van der Waals surface area contributed by atoms with Crippen molar-refractivity contribution < 1.29 is 9.47 Å². The van der Waals surface area contributed by atoms with Crippen molar-refractivity contribution in [3.63, 3.8) is 0 Å². The molecule has 0 N–H and O–H groups in total. The van der Waals surface area contributed by atoms with Gasteiger partial charge in [0.25, 0.3) is 0 Å². The molecule has 3 nitrogen and oxygen atoms in total. The molecule has 2 fully saturated rings. The molecular weight excluding hydrogens is 334 g/mol. The summed E-state index contributed by atoms with van der Waals surface area (Å²) in [6, 6.07) is 0.562. The first kappa shape index (κ1) is 23.2. The fraction of sp³-hybridized carbons (Fsp3) is 1.00. The van der Waals surface area contributed by atoms with Crippen molar-refractivity contribution in [1.29, 1.82) is 0 Å². The highest BCUT2D eigenvalue weighted by atomic mass is 35.5. The summed E-state index contributed by atoms with van der Waals surface area (Å²) >= 11 is 0. The van der Waals surface area contributed by atoms with Gasteiger partial charge < -0.3 is 14.4 Å². The van der Waals surface area contributed by atoms with Crippen molar-refractivity contribution in [2.45, 2.75) is 115 Å². The fourth-order valence-corrected chi connectivity index (χ4v) is 4.37. The van der Waals surface area contributed by atoms with Crippen molar-refractivity contribution in [3.05, 3.63) is 0 Å². The number of ether oxygens (including phenoxy) is 2. The molecule has 2 rings (SSSR count). The quantitative estimate of drug-likeness (QED) is 0.417. The molecule has 150 valence electrons. The van der Waals surface area contributed by atoms with Crippen LogP contribution in [0.4, 0.5) is 0 Å². The third-order valence-electron chi connectivity index (χ3n) is 5.96. The van der Waals surface area contributed by atoms with Gasteiger partial charge in [-0.25, -0.2) is 0 Å². The molecule has 2 saturated heterocycles. The molecule has 2 unspecified atom stereocenters. The summed E-state index contributed by atoms with van der Waals surface area (Å²) in [6.45, 7) is 6.57. The molecule has 0 aliphatic carbocycles. The third kappa shape index (κ3) is 7.36. The van der Waals surface area contributed by atoms with E-state index >= 15 is 0 Å². The zero-order valence-corrected chi connectivity index (χ0v) is 17.7. The first-order valence-electron chi connectivity index (χ1n) is 10.7. The van der Waals surface area contributed by atoms with Crippen molar-refractivity contribution >= 4 is 12.4 Å². The molecule has 0 radical (unpaired) electrons. The van der Waals surface area contributed by atoms with E-state index in [9.17, 15) is 0 Å². The van der Waals surface area contributed by atoms with Crippen LogP contribution < -0.4 is 0 Å². The molecule has 0 amide bonds. The molecule has 0 aromatic rings. The van der Waals surface area contributed by atoms with Crippen LogP contribution in [0.2, 0.25) is 0 Å². The zero-order chi connectivity index (χ0) is 17.3.